The SMILES string of the molecule is Cc1c(CN(CCO)CCO)c(C)c(C(=O)P(=O)(c2ccccc2)c2ccccc2)c(C)c1CN(CCO)CCO. The summed E-state index contributed by atoms with van der Waals surface area (Å²) in [5.74, 6) is 0. The number of carbonyl (C=O) groups excluding carboxylic acids is 1. The molecule has 0 fully saturated rings. The van der Waals surface area contributed by atoms with Gasteiger partial charge in [0.15, 0.2) is 0 Å². The van der Waals surface area contributed by atoms with Crippen molar-refractivity contribution in [3.05, 3.63) is 94.0 Å². The standard InChI is InChI=1S/C32H43N2O6P/c1-24-29(22-33(14-18-35)15-19-36)25(2)31(26(3)30(24)23-34(16-20-37)17-21-38)32(39)41(40,27-10-6-4-7-11-27)28-12-8-5-9-13-28/h4-13,35-38H,14-23H2,1-3H3. The third kappa shape index (κ3) is 7.40. The van der Waals surface area contributed by atoms with E-state index in [1.807, 2.05) is 42.7 Å². The average Bonchev–Trinajstić information content (AvgIpc) is 2.98. The Morgan fingerprint density at radius 1 is 0.610 bits per heavy atom. The predicted molar refractivity (Wildman–Crippen MR) is 164 cm³/mol. The zero-order chi connectivity index (χ0) is 30.0. The second-order valence-electron chi connectivity index (χ2n) is 10.2. The second-order valence-corrected chi connectivity index (χ2v) is 12.9. The van der Waals surface area contributed by atoms with Gasteiger partial charge in [0.2, 0.25) is 12.7 Å². The van der Waals surface area contributed by atoms with Crippen LogP contribution in [0.2, 0.25) is 0 Å². The minimum atomic E-state index is -3.79. The molecule has 0 aliphatic carbocycles. The maximum absolute atomic E-state index is 15.1. The zero-order valence-electron chi connectivity index (χ0n) is 24.3. The number of benzene rings is 3. The van der Waals surface area contributed by atoms with E-state index in [1.54, 1.807) is 48.5 Å². The summed E-state index contributed by atoms with van der Waals surface area (Å²) in [6.07, 6.45) is 0. The molecule has 9 heteroatoms. The molecule has 8 nitrogen and oxygen atoms in total. The molecule has 0 aliphatic rings. The maximum atomic E-state index is 15.1. The molecular formula is C32H43N2O6P. The number of carbonyl (C=O) groups is 1. The smallest absolute Gasteiger partial charge is 0.230 e. The highest BCUT2D eigenvalue weighted by molar-refractivity contribution is 7.93. The maximum Gasteiger partial charge on any atom is 0.230 e. The lowest BCUT2D eigenvalue weighted by molar-refractivity contribution is 0.107. The van der Waals surface area contributed by atoms with Gasteiger partial charge in [-0.2, -0.15) is 0 Å². The Morgan fingerprint density at radius 2 is 0.951 bits per heavy atom. The first kappa shape index (κ1) is 32.8. The summed E-state index contributed by atoms with van der Waals surface area (Å²) < 4.78 is 15.1. The van der Waals surface area contributed by atoms with Crippen molar-refractivity contribution in [2.75, 3.05) is 52.6 Å². The molecule has 0 atom stereocenters. The summed E-state index contributed by atoms with van der Waals surface area (Å²) >= 11 is 0. The number of hydrogen-bond donors (Lipinski definition) is 4. The van der Waals surface area contributed by atoms with Crippen molar-refractivity contribution < 1.29 is 29.8 Å². The molecule has 0 aromatic heterocycles. The number of nitrogens with zero attached hydrogens (tertiary/aromatic N) is 2. The summed E-state index contributed by atoms with van der Waals surface area (Å²) in [7, 11) is -3.79. The van der Waals surface area contributed by atoms with Crippen LogP contribution in [0.5, 0.6) is 0 Å². The van der Waals surface area contributed by atoms with Gasteiger partial charge in [0, 0.05) is 55.4 Å². The Morgan fingerprint density at radius 3 is 1.27 bits per heavy atom. The molecule has 0 amide bonds. The highest BCUT2D eigenvalue weighted by atomic mass is 31.2. The van der Waals surface area contributed by atoms with Gasteiger partial charge in [0.05, 0.1) is 26.4 Å². The number of hydrogen-bond acceptors (Lipinski definition) is 8. The van der Waals surface area contributed by atoms with E-state index in [2.05, 4.69) is 0 Å². The first-order chi connectivity index (χ1) is 19.7. The fourth-order valence-corrected chi connectivity index (χ4v) is 8.09. The minimum absolute atomic E-state index is 0.0827. The highest BCUT2D eigenvalue weighted by Gasteiger charge is 2.39. The summed E-state index contributed by atoms with van der Waals surface area (Å²) in [5.41, 5.74) is 4.09. The summed E-state index contributed by atoms with van der Waals surface area (Å²) in [5, 5.41) is 39.5. The average molecular weight is 583 g/mol. The van der Waals surface area contributed by atoms with E-state index >= 15 is 4.57 Å². The van der Waals surface area contributed by atoms with Gasteiger partial charge >= 0.3 is 0 Å². The molecule has 0 bridgehead atoms. The van der Waals surface area contributed by atoms with Crippen molar-refractivity contribution in [2.24, 2.45) is 0 Å². The minimum Gasteiger partial charge on any atom is -0.395 e. The van der Waals surface area contributed by atoms with E-state index < -0.39 is 12.7 Å². The molecule has 0 aliphatic heterocycles. The van der Waals surface area contributed by atoms with E-state index in [9.17, 15) is 25.2 Å². The van der Waals surface area contributed by atoms with E-state index in [4.69, 9.17) is 0 Å². The fraction of sp³-hybridized carbons (Fsp3) is 0.406. The molecule has 3 aromatic rings. The molecule has 0 saturated heterocycles. The van der Waals surface area contributed by atoms with Gasteiger partial charge in [0.1, 0.15) is 0 Å². The molecule has 222 valence electrons. The van der Waals surface area contributed by atoms with Crippen LogP contribution in [-0.2, 0) is 17.7 Å². The molecule has 4 N–H and O–H groups in total. The van der Waals surface area contributed by atoms with Crippen LogP contribution in [0.25, 0.3) is 0 Å². The van der Waals surface area contributed by atoms with E-state index in [-0.39, 0.29) is 26.4 Å². The number of aliphatic hydroxyl groups is 4. The van der Waals surface area contributed by atoms with Crippen LogP contribution in [0.3, 0.4) is 0 Å². The Labute approximate surface area is 243 Å². The lowest BCUT2D eigenvalue weighted by atomic mass is 9.88. The summed E-state index contributed by atoms with van der Waals surface area (Å²) in [6.45, 7) is 7.56. The largest absolute Gasteiger partial charge is 0.395 e. The first-order valence-electron chi connectivity index (χ1n) is 14.0. The molecule has 0 saturated carbocycles. The molecule has 41 heavy (non-hydrogen) atoms. The molecule has 0 heterocycles. The van der Waals surface area contributed by atoms with Crippen molar-refractivity contribution in [2.45, 2.75) is 33.9 Å². The van der Waals surface area contributed by atoms with E-state index in [0.717, 1.165) is 27.8 Å². The third-order valence-corrected chi connectivity index (χ3v) is 10.6. The monoisotopic (exact) mass is 582 g/mol. The number of aliphatic hydroxyl groups excluding tert-OH is 4. The predicted octanol–water partition coefficient (Wildman–Crippen LogP) is 2.34. The van der Waals surface area contributed by atoms with Crippen LogP contribution in [-0.4, -0.2) is 88.4 Å². The van der Waals surface area contributed by atoms with Gasteiger partial charge in [-0.3, -0.25) is 14.6 Å². The Hall–Kier alpha value is -2.68. The Bertz CT molecular complexity index is 1230. The normalized spacial score (nSPS) is 11.9. The lowest BCUT2D eigenvalue weighted by Gasteiger charge is -2.30. The van der Waals surface area contributed by atoms with Crippen molar-refractivity contribution in [1.29, 1.82) is 0 Å². The zero-order valence-corrected chi connectivity index (χ0v) is 25.2. The van der Waals surface area contributed by atoms with Crippen LogP contribution in [0.1, 0.15) is 38.2 Å². The molecule has 3 rings (SSSR count). The summed E-state index contributed by atoms with van der Waals surface area (Å²) in [4.78, 5) is 18.6. The molecule has 0 radical (unpaired) electrons. The first-order valence-corrected chi connectivity index (χ1v) is 15.7. The quantitative estimate of drug-likeness (QED) is 0.190. The molecule has 0 unspecified atom stereocenters. The van der Waals surface area contributed by atoms with Crippen LogP contribution in [0.15, 0.2) is 60.7 Å². The molecular weight excluding hydrogens is 539 g/mol. The van der Waals surface area contributed by atoms with Crippen LogP contribution in [0.4, 0.5) is 0 Å². The second kappa shape index (κ2) is 15.5. The van der Waals surface area contributed by atoms with Crippen molar-refractivity contribution in [3.63, 3.8) is 0 Å². The van der Waals surface area contributed by atoms with Gasteiger partial charge in [-0.1, -0.05) is 60.7 Å². The van der Waals surface area contributed by atoms with Crippen molar-refractivity contribution >= 4 is 23.3 Å². The molecule has 0 spiro atoms. The lowest BCUT2D eigenvalue weighted by Crippen LogP contribution is -2.32. The van der Waals surface area contributed by atoms with Crippen LogP contribution < -0.4 is 10.6 Å². The van der Waals surface area contributed by atoms with Gasteiger partial charge in [-0.05, 0) is 48.6 Å². The Balaban J connectivity index is 2.31. The van der Waals surface area contributed by atoms with Gasteiger partial charge < -0.3 is 25.0 Å². The Kier molecular flexibility index (Phi) is 12.4. The topological polar surface area (TPSA) is 122 Å². The van der Waals surface area contributed by atoms with Crippen molar-refractivity contribution in [1.82, 2.24) is 9.80 Å². The van der Waals surface area contributed by atoms with E-state index in [1.165, 1.54) is 0 Å². The molecule has 3 aromatic carbocycles. The van der Waals surface area contributed by atoms with Gasteiger partial charge in [-0.15, -0.1) is 0 Å². The van der Waals surface area contributed by atoms with Crippen LogP contribution >= 0.6 is 7.14 Å². The summed E-state index contributed by atoms with van der Waals surface area (Å²) in [6, 6.07) is 17.7. The van der Waals surface area contributed by atoms with Gasteiger partial charge in [0.25, 0.3) is 0 Å². The third-order valence-electron chi connectivity index (χ3n) is 7.73. The van der Waals surface area contributed by atoms with E-state index in [0.29, 0.717) is 55.4 Å². The number of rotatable bonds is 16. The van der Waals surface area contributed by atoms with Crippen molar-refractivity contribution in [3.8, 4) is 0 Å². The highest BCUT2D eigenvalue weighted by Crippen LogP contribution is 2.49. The fourth-order valence-electron chi connectivity index (χ4n) is 5.49. The van der Waals surface area contributed by atoms with Gasteiger partial charge in [-0.25, -0.2) is 0 Å². The van der Waals surface area contributed by atoms with Crippen LogP contribution in [0, 0.1) is 20.8 Å².